The van der Waals surface area contributed by atoms with Crippen molar-refractivity contribution in [3.8, 4) is 0 Å². The molecule has 0 radical (unpaired) electrons. The predicted octanol–water partition coefficient (Wildman–Crippen LogP) is 6.64. The molecule has 3 nitrogen and oxygen atoms in total. The molecule has 0 aromatic carbocycles. The number of nitrogens with zero attached hydrogens (tertiary/aromatic N) is 1. The number of hydrogen-bond donors (Lipinski definition) is 1. The molecule has 1 aromatic heterocycles. The van der Waals surface area contributed by atoms with Gasteiger partial charge < -0.3 is 4.89 Å². The molecular weight excluding hydrogens is 329 g/mol. The lowest BCUT2D eigenvalue weighted by Crippen LogP contribution is -2.32. The summed E-state index contributed by atoms with van der Waals surface area (Å²) in [6, 6.07) is 6.31. The zero-order valence-electron chi connectivity index (χ0n) is 16.2. The smallest absolute Gasteiger partial charge is 0.310 e. The lowest BCUT2D eigenvalue weighted by molar-refractivity contribution is -0.697. The number of aryl methyl sites for hydroxylation is 1. The summed E-state index contributed by atoms with van der Waals surface area (Å²) in [7, 11) is -0.833. The molecule has 0 unspecified atom stereocenters. The fraction of sp³-hybridized carbons (Fsp3) is 0.762. The minimum atomic E-state index is -0.833. The van der Waals surface area contributed by atoms with E-state index in [0.717, 1.165) is 0 Å². The summed E-state index contributed by atoms with van der Waals surface area (Å²) in [6.45, 7) is 3.47. The maximum atomic E-state index is 8.46. The molecule has 0 saturated carbocycles. The SMILES string of the molecule is CCCCCCCCCCCCCCCC[n+]1ccccc1.O=PO. The molecule has 0 spiro atoms. The third kappa shape index (κ3) is 19.4. The van der Waals surface area contributed by atoms with E-state index in [-0.39, 0.29) is 0 Å². The second kappa shape index (κ2) is 21.3. The van der Waals surface area contributed by atoms with E-state index >= 15 is 0 Å². The van der Waals surface area contributed by atoms with Crippen molar-refractivity contribution in [1.82, 2.24) is 0 Å². The van der Waals surface area contributed by atoms with E-state index in [0.29, 0.717) is 0 Å². The van der Waals surface area contributed by atoms with Gasteiger partial charge in [0.25, 0.3) is 0 Å². The van der Waals surface area contributed by atoms with Gasteiger partial charge in [0.2, 0.25) is 0 Å². The predicted molar refractivity (Wildman–Crippen MR) is 107 cm³/mol. The highest BCUT2D eigenvalue weighted by Crippen LogP contribution is 2.12. The molecule has 1 heterocycles. The van der Waals surface area contributed by atoms with E-state index in [9.17, 15) is 0 Å². The van der Waals surface area contributed by atoms with Crippen molar-refractivity contribution in [2.24, 2.45) is 0 Å². The monoisotopic (exact) mass is 368 g/mol. The Morgan fingerprint density at radius 1 is 0.680 bits per heavy atom. The summed E-state index contributed by atoms with van der Waals surface area (Å²) in [5.41, 5.74) is 0. The van der Waals surface area contributed by atoms with Crippen molar-refractivity contribution in [3.63, 3.8) is 0 Å². The maximum Gasteiger partial charge on any atom is 0.324 e. The van der Waals surface area contributed by atoms with E-state index in [4.69, 9.17) is 9.46 Å². The Balaban J connectivity index is 0.00000178. The average Bonchev–Trinajstić information content (AvgIpc) is 2.63. The lowest BCUT2D eigenvalue weighted by Gasteiger charge is -2.02. The summed E-state index contributed by atoms with van der Waals surface area (Å²) in [4.78, 5) is 6.99. The summed E-state index contributed by atoms with van der Waals surface area (Å²) in [5.74, 6) is 0. The van der Waals surface area contributed by atoms with Crippen LogP contribution in [0.25, 0.3) is 0 Å². The highest BCUT2D eigenvalue weighted by Gasteiger charge is 1.98. The van der Waals surface area contributed by atoms with Crippen LogP contribution in [0.2, 0.25) is 0 Å². The number of hydrogen-bond acceptors (Lipinski definition) is 1. The Bertz CT molecular complexity index is 373. The van der Waals surface area contributed by atoms with Gasteiger partial charge in [-0.3, -0.25) is 0 Å². The number of rotatable bonds is 15. The van der Waals surface area contributed by atoms with E-state index in [1.807, 2.05) is 0 Å². The van der Waals surface area contributed by atoms with Crippen molar-refractivity contribution >= 4 is 8.69 Å². The fourth-order valence-corrected chi connectivity index (χ4v) is 3.07. The van der Waals surface area contributed by atoms with Gasteiger partial charge in [0.1, 0.15) is 6.54 Å². The first-order chi connectivity index (χ1) is 12.3. The lowest BCUT2D eigenvalue weighted by atomic mass is 10.0. The van der Waals surface area contributed by atoms with Gasteiger partial charge in [0.15, 0.2) is 12.4 Å². The van der Waals surface area contributed by atoms with Gasteiger partial charge in [-0.05, 0) is 6.42 Å². The topological polar surface area (TPSA) is 41.2 Å². The van der Waals surface area contributed by atoms with Gasteiger partial charge in [0.05, 0.1) is 0 Å². The molecule has 0 amide bonds. The van der Waals surface area contributed by atoms with Crippen molar-refractivity contribution in [3.05, 3.63) is 30.6 Å². The number of aromatic nitrogens is 1. The first-order valence-electron chi connectivity index (χ1n) is 10.3. The van der Waals surface area contributed by atoms with Crippen molar-refractivity contribution in [1.29, 1.82) is 0 Å². The minimum Gasteiger partial charge on any atom is -0.310 e. The van der Waals surface area contributed by atoms with Crippen LogP contribution < -0.4 is 4.57 Å². The minimum absolute atomic E-state index is 0.833. The molecule has 0 aliphatic rings. The second-order valence-electron chi connectivity index (χ2n) is 6.79. The molecule has 1 N–H and O–H groups in total. The van der Waals surface area contributed by atoms with Crippen LogP contribution >= 0.6 is 8.69 Å². The van der Waals surface area contributed by atoms with Crippen LogP contribution in [-0.4, -0.2) is 4.89 Å². The zero-order valence-corrected chi connectivity index (χ0v) is 17.1. The van der Waals surface area contributed by atoms with Crippen LogP contribution in [0.1, 0.15) is 96.8 Å². The van der Waals surface area contributed by atoms with Crippen LogP contribution in [0.3, 0.4) is 0 Å². The molecule has 0 fully saturated rings. The number of unbranched alkanes of at least 4 members (excludes halogenated alkanes) is 13. The van der Waals surface area contributed by atoms with Gasteiger partial charge >= 0.3 is 8.69 Å². The van der Waals surface area contributed by atoms with E-state index in [1.54, 1.807) is 0 Å². The van der Waals surface area contributed by atoms with E-state index in [1.165, 1.54) is 96.4 Å². The van der Waals surface area contributed by atoms with Gasteiger partial charge in [0, 0.05) is 18.6 Å². The first-order valence-corrected chi connectivity index (χ1v) is 11.0. The van der Waals surface area contributed by atoms with Gasteiger partial charge in [-0.15, -0.1) is 0 Å². The summed E-state index contributed by atoms with van der Waals surface area (Å²) >= 11 is 0. The van der Waals surface area contributed by atoms with Crippen molar-refractivity contribution in [2.45, 2.75) is 103 Å². The summed E-state index contributed by atoms with van der Waals surface area (Å²) in [5, 5.41) is 0. The van der Waals surface area contributed by atoms with Crippen molar-refractivity contribution < 1.29 is 14.0 Å². The molecule has 1 aromatic rings. The molecule has 0 atom stereocenters. The summed E-state index contributed by atoms with van der Waals surface area (Å²) in [6.07, 6.45) is 24.4. The fourth-order valence-electron chi connectivity index (χ4n) is 3.07. The Labute approximate surface area is 157 Å². The quantitative estimate of drug-likeness (QED) is 0.214. The molecule has 0 aliphatic heterocycles. The van der Waals surface area contributed by atoms with Crippen LogP contribution in [0.4, 0.5) is 0 Å². The van der Waals surface area contributed by atoms with Crippen molar-refractivity contribution in [2.75, 3.05) is 0 Å². The summed E-state index contributed by atoms with van der Waals surface area (Å²) < 4.78 is 10.8. The molecule has 144 valence electrons. The molecule has 0 bridgehead atoms. The Morgan fingerprint density at radius 2 is 1.04 bits per heavy atom. The van der Waals surface area contributed by atoms with Crippen LogP contribution in [0.5, 0.6) is 0 Å². The van der Waals surface area contributed by atoms with Crippen LogP contribution in [-0.2, 0) is 11.1 Å². The molecule has 4 heteroatoms. The third-order valence-electron chi connectivity index (χ3n) is 4.55. The Morgan fingerprint density at radius 3 is 1.44 bits per heavy atom. The van der Waals surface area contributed by atoms with Gasteiger partial charge in [-0.2, -0.15) is 0 Å². The number of pyridine rings is 1. The molecule has 1 rings (SSSR count). The van der Waals surface area contributed by atoms with Gasteiger partial charge in [-0.1, -0.05) is 90.0 Å². The zero-order chi connectivity index (χ0) is 18.4. The highest BCUT2D eigenvalue weighted by atomic mass is 31.1. The van der Waals surface area contributed by atoms with Gasteiger partial charge in [-0.25, -0.2) is 9.13 Å². The maximum absolute atomic E-state index is 8.46. The molecular formula is C21H39NO2P+. The van der Waals surface area contributed by atoms with Crippen LogP contribution in [0, 0.1) is 0 Å². The molecule has 0 aliphatic carbocycles. The molecule has 0 saturated heterocycles. The average molecular weight is 369 g/mol. The standard InChI is InChI=1S/C21H38N.HO2P/c1-2-3-4-5-6-7-8-9-10-11-12-13-14-16-19-22-20-17-15-18-21-22;1-3-2/h15,17-18,20-21H,2-14,16,19H2,1H3;(H,1,2)/q+1;. The molecule has 25 heavy (non-hydrogen) atoms. The highest BCUT2D eigenvalue weighted by molar-refractivity contribution is 7.16. The van der Waals surface area contributed by atoms with E-state index < -0.39 is 8.69 Å². The third-order valence-corrected chi connectivity index (χ3v) is 4.55. The Kier molecular flexibility index (Phi) is 20.6. The largest absolute Gasteiger partial charge is 0.324 e. The van der Waals surface area contributed by atoms with E-state index in [2.05, 4.69) is 42.1 Å². The van der Waals surface area contributed by atoms with Crippen LogP contribution in [0.15, 0.2) is 30.6 Å². The second-order valence-corrected chi connectivity index (χ2v) is 6.95. The normalized spacial score (nSPS) is 10.5. The Hall–Kier alpha value is -0.790. The first kappa shape index (κ1) is 24.2.